The molecule has 137 valence electrons. The first-order chi connectivity index (χ1) is 10.7. The van der Waals surface area contributed by atoms with Crippen LogP contribution in [0.15, 0.2) is 12.2 Å². The van der Waals surface area contributed by atoms with E-state index in [1.807, 2.05) is 0 Å². The van der Waals surface area contributed by atoms with Crippen molar-refractivity contribution in [3.05, 3.63) is 12.2 Å². The molecule has 0 aliphatic heterocycles. The van der Waals surface area contributed by atoms with Crippen LogP contribution in [0.25, 0.3) is 0 Å². The molecule has 4 heteroatoms. The van der Waals surface area contributed by atoms with Crippen molar-refractivity contribution in [2.45, 2.75) is 101 Å². The van der Waals surface area contributed by atoms with Gasteiger partial charge in [-0.1, -0.05) is 39.0 Å². The second-order valence-electron chi connectivity index (χ2n) is 5.95. The van der Waals surface area contributed by atoms with Crippen molar-refractivity contribution >= 4 is 19.1 Å². The Hall–Kier alpha value is 0.942. The van der Waals surface area contributed by atoms with E-state index >= 15 is 0 Å². The monoisotopic (exact) mass is 443 g/mol. The fourth-order valence-electron chi connectivity index (χ4n) is 2.44. The number of aliphatic hydroxyl groups excluding tert-OH is 1. The van der Waals surface area contributed by atoms with Crippen LogP contribution in [-0.4, -0.2) is 9.68 Å². The molecule has 22 heavy (non-hydrogen) atoms. The zero-order valence-corrected chi connectivity index (χ0v) is 17.2. The molecule has 0 aromatic heterocycles. The Kier molecular flexibility index (Phi) is 19.1. The van der Waals surface area contributed by atoms with Gasteiger partial charge in [-0.3, -0.25) is 0 Å². The summed E-state index contributed by atoms with van der Waals surface area (Å²) in [5.74, 6) is 0. The molecule has 0 aliphatic carbocycles. The SMILES string of the molecule is CCCCCCCCC=CCCCCCCC[CH](O)[Pd]([Cl])[Cl]. The molecule has 0 saturated carbocycles. The van der Waals surface area contributed by atoms with Crippen LogP contribution >= 0.6 is 19.1 Å². The number of rotatable bonds is 16. The van der Waals surface area contributed by atoms with Gasteiger partial charge in [-0.05, 0) is 0 Å². The van der Waals surface area contributed by atoms with Crippen LogP contribution in [0.5, 0.6) is 0 Å². The van der Waals surface area contributed by atoms with E-state index in [2.05, 4.69) is 19.1 Å². The van der Waals surface area contributed by atoms with Gasteiger partial charge in [0.25, 0.3) is 0 Å². The van der Waals surface area contributed by atoms with E-state index < -0.39 is 19.3 Å². The summed E-state index contributed by atoms with van der Waals surface area (Å²) in [7, 11) is 11.4. The molecule has 0 saturated heterocycles. The van der Waals surface area contributed by atoms with Crippen LogP contribution < -0.4 is 0 Å². The predicted octanol–water partition coefficient (Wildman–Crippen LogP) is 7.27. The molecule has 0 bridgehead atoms. The number of hydrogen-bond donors (Lipinski definition) is 1. The van der Waals surface area contributed by atoms with Gasteiger partial charge in [0.15, 0.2) is 0 Å². The fourth-order valence-corrected chi connectivity index (χ4v) is 3.91. The van der Waals surface area contributed by atoms with Gasteiger partial charge in [-0.15, -0.1) is 0 Å². The Bertz CT molecular complexity index is 247. The third kappa shape index (κ3) is 17.3. The van der Waals surface area contributed by atoms with Crippen LogP contribution in [0.2, 0.25) is 0 Å². The standard InChI is InChI=1S/C18H35O.2ClH.Pd/c1-2-3-4-5-6-7-8-9-10-11-12-13-14-15-16-17-18-19;;;/h9-10,18-19H,2-8,11-17H2,1H3;2*1H;/q;;;+2/p-2. The molecule has 1 nitrogen and oxygen atoms in total. The maximum absolute atomic E-state index is 9.51. The summed E-state index contributed by atoms with van der Waals surface area (Å²) in [6.45, 7) is 2.27. The van der Waals surface area contributed by atoms with Crippen LogP contribution in [0.4, 0.5) is 0 Å². The van der Waals surface area contributed by atoms with E-state index in [4.69, 9.17) is 19.1 Å². The van der Waals surface area contributed by atoms with Crippen molar-refractivity contribution < 1.29 is 19.8 Å². The van der Waals surface area contributed by atoms with E-state index in [-0.39, 0.29) is 0 Å². The van der Waals surface area contributed by atoms with E-state index in [1.165, 1.54) is 77.0 Å². The Morgan fingerprint density at radius 1 is 0.773 bits per heavy atom. The quantitative estimate of drug-likeness (QED) is 0.151. The Morgan fingerprint density at radius 2 is 1.23 bits per heavy atom. The van der Waals surface area contributed by atoms with Gasteiger partial charge in [0, 0.05) is 0 Å². The molecule has 1 N–H and O–H groups in total. The molecule has 0 heterocycles. The van der Waals surface area contributed by atoms with Crippen LogP contribution in [0, 0.1) is 0 Å². The average molecular weight is 445 g/mol. The molecule has 0 spiro atoms. The molecule has 0 aromatic carbocycles. The fraction of sp³-hybridized carbons (Fsp3) is 0.889. The first kappa shape index (κ1) is 22.9. The van der Waals surface area contributed by atoms with Gasteiger partial charge in [0.1, 0.15) is 0 Å². The summed E-state index contributed by atoms with van der Waals surface area (Å²) in [6.07, 6.45) is 22.3. The number of allylic oxidation sites excluding steroid dienone is 2. The molecule has 0 aliphatic rings. The summed E-state index contributed by atoms with van der Waals surface area (Å²) in [5, 5.41) is 9.51. The average Bonchev–Trinajstić information content (AvgIpc) is 2.50. The molecule has 1 unspecified atom stereocenters. The van der Waals surface area contributed by atoms with Crippen molar-refractivity contribution in [3.8, 4) is 0 Å². The molecule has 0 radical (unpaired) electrons. The third-order valence-corrected chi connectivity index (χ3v) is 6.96. The molecule has 0 fully saturated rings. The summed E-state index contributed by atoms with van der Waals surface area (Å²) >= 11 is -1.67. The molecule has 1 atom stereocenters. The van der Waals surface area contributed by atoms with Crippen molar-refractivity contribution in [1.29, 1.82) is 0 Å². The van der Waals surface area contributed by atoms with Crippen LogP contribution in [-0.2, 0) is 14.7 Å². The van der Waals surface area contributed by atoms with Crippen molar-refractivity contribution in [2.24, 2.45) is 0 Å². The normalized spacial score (nSPS) is 13.7. The van der Waals surface area contributed by atoms with Crippen molar-refractivity contribution in [1.82, 2.24) is 0 Å². The maximum atomic E-state index is 9.51. The van der Waals surface area contributed by atoms with Gasteiger partial charge in [-0.25, -0.2) is 0 Å². The number of halogens is 2. The van der Waals surface area contributed by atoms with E-state index in [0.29, 0.717) is 0 Å². The second kappa shape index (κ2) is 18.3. The molecular weight excluding hydrogens is 410 g/mol. The zero-order valence-electron chi connectivity index (χ0n) is 14.2. The summed E-state index contributed by atoms with van der Waals surface area (Å²) in [5.41, 5.74) is 0. The first-order valence-electron chi connectivity index (χ1n) is 8.95. The zero-order chi connectivity index (χ0) is 16.5. The van der Waals surface area contributed by atoms with E-state index in [0.717, 1.165) is 12.8 Å². The van der Waals surface area contributed by atoms with Gasteiger partial charge < -0.3 is 0 Å². The van der Waals surface area contributed by atoms with Gasteiger partial charge in [-0.2, -0.15) is 0 Å². The minimum atomic E-state index is -1.67. The van der Waals surface area contributed by atoms with E-state index in [9.17, 15) is 5.11 Å². The second-order valence-corrected chi connectivity index (χ2v) is 11.7. The Morgan fingerprint density at radius 3 is 1.73 bits per heavy atom. The first-order valence-corrected chi connectivity index (χ1v) is 13.8. The van der Waals surface area contributed by atoms with Crippen molar-refractivity contribution in [2.75, 3.05) is 0 Å². The predicted molar refractivity (Wildman–Crippen MR) is 97.2 cm³/mol. The minimum absolute atomic E-state index is 0.445. The van der Waals surface area contributed by atoms with E-state index in [1.54, 1.807) is 0 Å². The number of hydrogen-bond acceptors (Lipinski definition) is 1. The van der Waals surface area contributed by atoms with Crippen LogP contribution in [0.1, 0.15) is 96.8 Å². The number of unbranched alkanes of at least 4 members (excludes halogenated alkanes) is 11. The summed E-state index contributed by atoms with van der Waals surface area (Å²) < 4.78 is -0.445. The molecule has 0 aromatic rings. The van der Waals surface area contributed by atoms with Gasteiger partial charge in [0.05, 0.1) is 0 Å². The molecule has 0 amide bonds. The summed E-state index contributed by atoms with van der Waals surface area (Å²) in [4.78, 5) is 0. The topological polar surface area (TPSA) is 20.2 Å². The Labute approximate surface area is 152 Å². The Balaban J connectivity index is 3.14. The molecule has 0 rings (SSSR count). The molecular formula is C18H35Cl2OPd. The van der Waals surface area contributed by atoms with Crippen molar-refractivity contribution in [3.63, 3.8) is 0 Å². The third-order valence-electron chi connectivity index (χ3n) is 3.85. The van der Waals surface area contributed by atoms with Gasteiger partial charge >= 0.3 is 113 Å². The number of aliphatic hydroxyl groups is 1. The van der Waals surface area contributed by atoms with Gasteiger partial charge in [0.2, 0.25) is 0 Å². The van der Waals surface area contributed by atoms with Crippen LogP contribution in [0.3, 0.4) is 0 Å². The summed E-state index contributed by atoms with van der Waals surface area (Å²) in [6, 6.07) is 0.